The summed E-state index contributed by atoms with van der Waals surface area (Å²) >= 11 is 0. The van der Waals surface area contributed by atoms with Gasteiger partial charge < -0.3 is 4.90 Å². The Balaban J connectivity index is 1.71. The summed E-state index contributed by atoms with van der Waals surface area (Å²) < 4.78 is 3.48. The maximum absolute atomic E-state index is 12.9. The van der Waals surface area contributed by atoms with Gasteiger partial charge in [0.15, 0.2) is 5.65 Å². The smallest absolute Gasteiger partial charge is 0.274 e. The van der Waals surface area contributed by atoms with Gasteiger partial charge in [-0.2, -0.15) is 10.2 Å². The Bertz CT molecular complexity index is 896. The van der Waals surface area contributed by atoms with Crippen LogP contribution in [0.15, 0.2) is 30.6 Å². The number of likely N-dealkylation sites (tertiary alicyclic amines) is 1. The van der Waals surface area contributed by atoms with Crippen LogP contribution in [0.4, 0.5) is 0 Å². The number of carbonyl (C=O) groups is 1. The highest BCUT2D eigenvalue weighted by atomic mass is 16.2. The van der Waals surface area contributed by atoms with Gasteiger partial charge in [-0.3, -0.25) is 9.48 Å². The number of fused-ring (bicyclic) bond motifs is 1. The first-order valence-corrected chi connectivity index (χ1v) is 8.25. The highest BCUT2D eigenvalue weighted by Gasteiger charge is 2.31. The maximum Gasteiger partial charge on any atom is 0.274 e. The van der Waals surface area contributed by atoms with E-state index in [-0.39, 0.29) is 11.9 Å². The number of amides is 1. The Morgan fingerprint density at radius 1 is 1.29 bits per heavy atom. The molecule has 0 saturated carbocycles. The summed E-state index contributed by atoms with van der Waals surface area (Å²) in [5, 5.41) is 8.53. The Morgan fingerprint density at radius 3 is 2.96 bits per heavy atom. The topological polar surface area (TPSA) is 68.3 Å². The molecule has 1 aliphatic rings. The Labute approximate surface area is 139 Å². The second-order valence-corrected chi connectivity index (χ2v) is 6.31. The summed E-state index contributed by atoms with van der Waals surface area (Å²) in [6, 6.07) is 5.69. The lowest BCUT2D eigenvalue weighted by molar-refractivity contribution is 0.0599. The Morgan fingerprint density at radius 2 is 2.17 bits per heavy atom. The molecule has 24 heavy (non-hydrogen) atoms. The van der Waals surface area contributed by atoms with E-state index < -0.39 is 0 Å². The summed E-state index contributed by atoms with van der Waals surface area (Å²) in [5.41, 5.74) is 3.27. The van der Waals surface area contributed by atoms with Crippen molar-refractivity contribution in [1.82, 2.24) is 29.3 Å². The molecule has 0 N–H and O–H groups in total. The standard InChI is InChI=1S/C17H20N6O/c1-12-11-14(19-16-6-8-18-23(12)16)15-5-3-4-9-22(15)17(24)13-7-10-21(2)20-13/h6-8,10-11,15H,3-5,9H2,1-2H3. The molecule has 124 valence electrons. The third-order valence-electron chi connectivity index (χ3n) is 4.60. The van der Waals surface area contributed by atoms with Gasteiger partial charge in [0.2, 0.25) is 0 Å². The van der Waals surface area contributed by atoms with Crippen LogP contribution in [0.5, 0.6) is 0 Å². The average Bonchev–Trinajstić information content (AvgIpc) is 3.23. The third-order valence-corrected chi connectivity index (χ3v) is 4.60. The minimum atomic E-state index is -0.0202. The molecule has 0 aliphatic carbocycles. The lowest BCUT2D eigenvalue weighted by atomic mass is 9.98. The van der Waals surface area contributed by atoms with E-state index in [9.17, 15) is 4.79 Å². The summed E-state index contributed by atoms with van der Waals surface area (Å²) in [6.07, 6.45) is 6.59. The van der Waals surface area contributed by atoms with Crippen molar-refractivity contribution in [3.63, 3.8) is 0 Å². The van der Waals surface area contributed by atoms with E-state index >= 15 is 0 Å². The molecule has 1 fully saturated rings. The van der Waals surface area contributed by atoms with Gasteiger partial charge in [0.25, 0.3) is 5.91 Å². The molecule has 3 aromatic rings. The minimum Gasteiger partial charge on any atom is -0.329 e. The lowest BCUT2D eigenvalue weighted by Crippen LogP contribution is -2.39. The number of carbonyl (C=O) groups excluding carboxylic acids is 1. The van der Waals surface area contributed by atoms with E-state index in [0.29, 0.717) is 5.69 Å². The van der Waals surface area contributed by atoms with Crippen LogP contribution >= 0.6 is 0 Å². The molecule has 1 saturated heterocycles. The zero-order chi connectivity index (χ0) is 16.7. The van der Waals surface area contributed by atoms with E-state index in [4.69, 9.17) is 4.98 Å². The highest BCUT2D eigenvalue weighted by molar-refractivity contribution is 5.92. The molecule has 1 atom stereocenters. The summed E-state index contributed by atoms with van der Waals surface area (Å²) in [6.45, 7) is 2.75. The lowest BCUT2D eigenvalue weighted by Gasteiger charge is -2.35. The van der Waals surface area contributed by atoms with Gasteiger partial charge in [0.1, 0.15) is 5.69 Å². The zero-order valence-electron chi connectivity index (χ0n) is 13.9. The molecular weight excluding hydrogens is 304 g/mol. The van der Waals surface area contributed by atoms with Crippen molar-refractivity contribution in [1.29, 1.82) is 0 Å². The van der Waals surface area contributed by atoms with Crippen molar-refractivity contribution < 1.29 is 4.79 Å². The second-order valence-electron chi connectivity index (χ2n) is 6.31. The van der Waals surface area contributed by atoms with Gasteiger partial charge in [-0.05, 0) is 38.3 Å². The number of piperidine rings is 1. The zero-order valence-corrected chi connectivity index (χ0v) is 13.9. The predicted octanol–water partition coefficient (Wildman–Crippen LogP) is 2.14. The van der Waals surface area contributed by atoms with Crippen LogP contribution in [0.3, 0.4) is 0 Å². The van der Waals surface area contributed by atoms with Crippen LogP contribution in [0.25, 0.3) is 5.65 Å². The quantitative estimate of drug-likeness (QED) is 0.724. The molecule has 1 amide bonds. The van der Waals surface area contributed by atoms with Crippen LogP contribution < -0.4 is 0 Å². The Hall–Kier alpha value is -2.70. The Kier molecular flexibility index (Phi) is 3.55. The molecule has 4 rings (SSSR count). The SMILES string of the molecule is Cc1cc(C2CCCCN2C(=O)c2ccn(C)n2)nc2ccnn12. The van der Waals surface area contributed by atoms with E-state index in [0.717, 1.165) is 42.8 Å². The number of rotatable bonds is 2. The third kappa shape index (κ3) is 2.46. The van der Waals surface area contributed by atoms with E-state index in [2.05, 4.69) is 10.2 Å². The monoisotopic (exact) mass is 324 g/mol. The number of hydrogen-bond acceptors (Lipinski definition) is 4. The van der Waals surface area contributed by atoms with Crippen molar-refractivity contribution in [2.24, 2.45) is 7.05 Å². The maximum atomic E-state index is 12.9. The summed E-state index contributed by atoms with van der Waals surface area (Å²) in [7, 11) is 1.82. The van der Waals surface area contributed by atoms with Gasteiger partial charge >= 0.3 is 0 Å². The van der Waals surface area contributed by atoms with Gasteiger partial charge in [-0.25, -0.2) is 9.50 Å². The fourth-order valence-corrected chi connectivity index (χ4v) is 3.42. The molecule has 0 spiro atoms. The second kappa shape index (κ2) is 5.74. The minimum absolute atomic E-state index is 0.00754. The molecule has 1 unspecified atom stereocenters. The van der Waals surface area contributed by atoms with E-state index in [1.54, 1.807) is 23.1 Å². The first kappa shape index (κ1) is 14.9. The fraction of sp³-hybridized carbons (Fsp3) is 0.412. The van der Waals surface area contributed by atoms with Crippen LogP contribution in [-0.4, -0.2) is 41.7 Å². The van der Waals surface area contributed by atoms with Gasteiger partial charge in [-0.1, -0.05) is 0 Å². The number of nitrogens with zero attached hydrogens (tertiary/aromatic N) is 6. The molecule has 7 nitrogen and oxygen atoms in total. The van der Waals surface area contributed by atoms with Gasteiger partial charge in [-0.15, -0.1) is 0 Å². The molecule has 0 bridgehead atoms. The first-order chi connectivity index (χ1) is 11.6. The molecule has 7 heteroatoms. The van der Waals surface area contributed by atoms with Crippen molar-refractivity contribution >= 4 is 11.6 Å². The largest absolute Gasteiger partial charge is 0.329 e. The molecule has 0 radical (unpaired) electrons. The average molecular weight is 324 g/mol. The van der Waals surface area contributed by atoms with Gasteiger partial charge in [0.05, 0.1) is 17.9 Å². The first-order valence-electron chi connectivity index (χ1n) is 8.25. The van der Waals surface area contributed by atoms with Crippen molar-refractivity contribution in [2.45, 2.75) is 32.2 Å². The molecule has 0 aromatic carbocycles. The van der Waals surface area contributed by atoms with Gasteiger partial charge in [0, 0.05) is 31.5 Å². The predicted molar refractivity (Wildman–Crippen MR) is 88.6 cm³/mol. The van der Waals surface area contributed by atoms with Crippen LogP contribution in [-0.2, 0) is 7.05 Å². The normalized spacial score (nSPS) is 18.2. The number of aromatic nitrogens is 5. The number of hydrogen-bond donors (Lipinski definition) is 0. The van der Waals surface area contributed by atoms with E-state index in [1.165, 1.54) is 0 Å². The van der Waals surface area contributed by atoms with E-state index in [1.807, 2.05) is 35.5 Å². The molecule has 1 aliphatic heterocycles. The van der Waals surface area contributed by atoms with Crippen molar-refractivity contribution in [3.05, 3.63) is 47.7 Å². The summed E-state index contributed by atoms with van der Waals surface area (Å²) in [5.74, 6) is -0.0202. The van der Waals surface area contributed by atoms with Crippen LogP contribution in [0, 0.1) is 6.92 Å². The van der Waals surface area contributed by atoms with Crippen molar-refractivity contribution in [3.8, 4) is 0 Å². The number of aryl methyl sites for hydroxylation is 2. The van der Waals surface area contributed by atoms with Crippen LogP contribution in [0.2, 0.25) is 0 Å². The highest BCUT2D eigenvalue weighted by Crippen LogP contribution is 2.31. The molecular formula is C17H20N6O. The van der Waals surface area contributed by atoms with Crippen molar-refractivity contribution in [2.75, 3.05) is 6.54 Å². The molecule has 4 heterocycles. The van der Waals surface area contributed by atoms with Crippen LogP contribution in [0.1, 0.15) is 47.2 Å². The fourth-order valence-electron chi connectivity index (χ4n) is 3.42. The summed E-state index contributed by atoms with van der Waals surface area (Å²) in [4.78, 5) is 19.5. The molecule has 3 aromatic heterocycles.